The van der Waals surface area contributed by atoms with Gasteiger partial charge in [-0.1, -0.05) is 35.4 Å². The summed E-state index contributed by atoms with van der Waals surface area (Å²) in [6, 6.07) is 11.9. The van der Waals surface area contributed by atoms with Gasteiger partial charge in [0.25, 0.3) is 0 Å². The first-order valence-corrected chi connectivity index (χ1v) is 7.22. The van der Waals surface area contributed by atoms with Crippen molar-refractivity contribution in [3.05, 3.63) is 70.7 Å². The molecular formula is C18H18N2O2. The number of esters is 1. The van der Waals surface area contributed by atoms with E-state index in [0.717, 1.165) is 28.0 Å². The number of fused-ring (bicyclic) bond motifs is 1. The second-order valence-electron chi connectivity index (χ2n) is 5.59. The van der Waals surface area contributed by atoms with Gasteiger partial charge in [0.2, 0.25) is 0 Å². The van der Waals surface area contributed by atoms with E-state index in [4.69, 9.17) is 4.74 Å². The lowest BCUT2D eigenvalue weighted by molar-refractivity contribution is 0.0466. The summed E-state index contributed by atoms with van der Waals surface area (Å²) in [6.07, 6.45) is 1.72. The third kappa shape index (κ3) is 2.86. The number of rotatable bonds is 3. The molecule has 2 aromatic heterocycles. The molecule has 0 aliphatic carbocycles. The zero-order valence-corrected chi connectivity index (χ0v) is 13.0. The number of carbonyl (C=O) groups excluding carboxylic acids is 1. The minimum Gasteiger partial charge on any atom is -0.456 e. The summed E-state index contributed by atoms with van der Waals surface area (Å²) >= 11 is 0. The molecule has 4 nitrogen and oxygen atoms in total. The third-order valence-electron chi connectivity index (χ3n) is 3.56. The van der Waals surface area contributed by atoms with Crippen LogP contribution >= 0.6 is 0 Å². The van der Waals surface area contributed by atoms with Gasteiger partial charge in [-0.25, -0.2) is 9.78 Å². The van der Waals surface area contributed by atoms with Crippen LogP contribution < -0.4 is 0 Å². The average molecular weight is 294 g/mol. The zero-order chi connectivity index (χ0) is 15.7. The van der Waals surface area contributed by atoms with Crippen LogP contribution in [-0.2, 0) is 11.3 Å². The highest BCUT2D eigenvalue weighted by Crippen LogP contribution is 2.13. The molecule has 112 valence electrons. The Bertz CT molecular complexity index is 829. The quantitative estimate of drug-likeness (QED) is 0.693. The van der Waals surface area contributed by atoms with Gasteiger partial charge in [-0.2, -0.15) is 0 Å². The number of nitrogens with zero attached hydrogens (tertiary/aromatic N) is 2. The second kappa shape index (κ2) is 5.64. The molecule has 0 unspecified atom stereocenters. The normalized spacial score (nSPS) is 10.9. The summed E-state index contributed by atoms with van der Waals surface area (Å²) < 4.78 is 7.26. The molecule has 1 aromatic carbocycles. The van der Waals surface area contributed by atoms with Gasteiger partial charge in [-0.15, -0.1) is 0 Å². The Morgan fingerprint density at radius 1 is 1.14 bits per heavy atom. The number of aryl methyl sites for hydroxylation is 3. The Balaban J connectivity index is 1.77. The van der Waals surface area contributed by atoms with Crippen LogP contribution in [0.25, 0.3) is 5.65 Å². The Labute approximate surface area is 129 Å². The lowest BCUT2D eigenvalue weighted by atomic mass is 10.1. The minimum atomic E-state index is -0.401. The van der Waals surface area contributed by atoms with Gasteiger partial charge in [-0.3, -0.25) is 0 Å². The van der Waals surface area contributed by atoms with Gasteiger partial charge in [0.05, 0.1) is 0 Å². The number of hydrogen-bond donors (Lipinski definition) is 0. The van der Waals surface area contributed by atoms with Crippen molar-refractivity contribution >= 4 is 11.6 Å². The Hall–Kier alpha value is -2.62. The molecule has 0 amide bonds. The topological polar surface area (TPSA) is 43.6 Å². The largest absolute Gasteiger partial charge is 0.456 e. The summed E-state index contributed by atoms with van der Waals surface area (Å²) in [5, 5.41) is 0. The highest BCUT2D eigenvalue weighted by molar-refractivity contribution is 5.88. The number of ether oxygens (including phenoxy) is 1. The van der Waals surface area contributed by atoms with Gasteiger partial charge in [0.1, 0.15) is 12.3 Å². The summed E-state index contributed by atoms with van der Waals surface area (Å²) in [5.74, 6) is -0.401. The van der Waals surface area contributed by atoms with Gasteiger partial charge in [0.15, 0.2) is 5.69 Å². The maximum atomic E-state index is 12.2. The molecule has 3 aromatic rings. The molecule has 4 heteroatoms. The Morgan fingerprint density at radius 3 is 2.55 bits per heavy atom. The summed E-state index contributed by atoms with van der Waals surface area (Å²) in [6.45, 7) is 6.29. The van der Waals surface area contributed by atoms with Crippen molar-refractivity contribution in [1.29, 1.82) is 0 Å². The number of hydrogen-bond acceptors (Lipinski definition) is 3. The fraction of sp³-hybridized carbons (Fsp3) is 0.222. The van der Waals surface area contributed by atoms with Crippen molar-refractivity contribution in [2.24, 2.45) is 0 Å². The van der Waals surface area contributed by atoms with E-state index < -0.39 is 5.97 Å². The monoisotopic (exact) mass is 294 g/mol. The predicted molar refractivity (Wildman–Crippen MR) is 85.0 cm³/mol. The standard InChI is InChI=1S/C18H18N2O2/c1-12-7-13(2)9-15(8-12)11-22-18(21)16-10-20-14(3)5-4-6-17(20)19-16/h4-10H,11H2,1-3H3. The highest BCUT2D eigenvalue weighted by atomic mass is 16.5. The predicted octanol–water partition coefficient (Wildman–Crippen LogP) is 3.62. The van der Waals surface area contributed by atoms with Crippen LogP contribution in [0.4, 0.5) is 0 Å². The molecule has 0 aliphatic heterocycles. The molecule has 0 radical (unpaired) electrons. The Kier molecular flexibility index (Phi) is 3.67. The Morgan fingerprint density at radius 2 is 1.86 bits per heavy atom. The molecule has 0 spiro atoms. The zero-order valence-electron chi connectivity index (χ0n) is 13.0. The number of pyridine rings is 1. The third-order valence-corrected chi connectivity index (χ3v) is 3.56. The van der Waals surface area contributed by atoms with E-state index in [2.05, 4.69) is 11.1 Å². The van der Waals surface area contributed by atoms with Crippen LogP contribution in [0.5, 0.6) is 0 Å². The first-order valence-electron chi connectivity index (χ1n) is 7.22. The van der Waals surface area contributed by atoms with Gasteiger partial charge >= 0.3 is 5.97 Å². The second-order valence-corrected chi connectivity index (χ2v) is 5.59. The highest BCUT2D eigenvalue weighted by Gasteiger charge is 2.13. The van der Waals surface area contributed by atoms with Crippen LogP contribution in [0.15, 0.2) is 42.6 Å². The van der Waals surface area contributed by atoms with Crippen LogP contribution in [0, 0.1) is 20.8 Å². The summed E-state index contributed by atoms with van der Waals surface area (Å²) in [5.41, 5.74) is 5.42. The van der Waals surface area contributed by atoms with Crippen molar-refractivity contribution in [1.82, 2.24) is 9.38 Å². The average Bonchev–Trinajstić information content (AvgIpc) is 2.89. The number of benzene rings is 1. The smallest absolute Gasteiger partial charge is 0.358 e. The first-order chi connectivity index (χ1) is 10.5. The van der Waals surface area contributed by atoms with E-state index in [1.165, 1.54) is 0 Å². The van der Waals surface area contributed by atoms with Crippen LogP contribution in [0.2, 0.25) is 0 Å². The van der Waals surface area contributed by atoms with Crippen LogP contribution in [0.3, 0.4) is 0 Å². The fourth-order valence-corrected chi connectivity index (χ4v) is 2.62. The SMILES string of the molecule is Cc1cc(C)cc(COC(=O)c2cn3c(C)cccc3n2)c1. The van der Waals surface area contributed by atoms with E-state index in [1.807, 2.05) is 55.5 Å². The molecule has 0 atom stereocenters. The number of aromatic nitrogens is 2. The van der Waals surface area contributed by atoms with E-state index in [1.54, 1.807) is 6.20 Å². The van der Waals surface area contributed by atoms with Gasteiger partial charge in [0, 0.05) is 11.9 Å². The lowest BCUT2D eigenvalue weighted by Gasteiger charge is -2.05. The number of imidazole rings is 1. The van der Waals surface area contributed by atoms with Crippen molar-refractivity contribution in [2.75, 3.05) is 0 Å². The molecule has 2 heterocycles. The maximum Gasteiger partial charge on any atom is 0.358 e. The van der Waals surface area contributed by atoms with E-state index >= 15 is 0 Å². The summed E-state index contributed by atoms with van der Waals surface area (Å²) in [4.78, 5) is 16.5. The van der Waals surface area contributed by atoms with Crippen LogP contribution in [0.1, 0.15) is 32.9 Å². The molecular weight excluding hydrogens is 276 g/mol. The molecule has 0 saturated carbocycles. The molecule has 0 fully saturated rings. The molecule has 0 saturated heterocycles. The van der Waals surface area contributed by atoms with Crippen molar-refractivity contribution in [3.63, 3.8) is 0 Å². The molecule has 22 heavy (non-hydrogen) atoms. The van der Waals surface area contributed by atoms with Crippen molar-refractivity contribution in [2.45, 2.75) is 27.4 Å². The van der Waals surface area contributed by atoms with E-state index in [0.29, 0.717) is 5.69 Å². The summed E-state index contributed by atoms with van der Waals surface area (Å²) in [7, 11) is 0. The fourth-order valence-electron chi connectivity index (χ4n) is 2.62. The van der Waals surface area contributed by atoms with Gasteiger partial charge < -0.3 is 9.14 Å². The minimum absolute atomic E-state index is 0.258. The lowest BCUT2D eigenvalue weighted by Crippen LogP contribution is -2.06. The van der Waals surface area contributed by atoms with Crippen molar-refractivity contribution < 1.29 is 9.53 Å². The maximum absolute atomic E-state index is 12.2. The molecule has 3 rings (SSSR count). The van der Waals surface area contributed by atoms with Gasteiger partial charge in [-0.05, 0) is 38.5 Å². The first kappa shape index (κ1) is 14.3. The molecule has 0 aliphatic rings. The van der Waals surface area contributed by atoms with Crippen molar-refractivity contribution in [3.8, 4) is 0 Å². The number of carbonyl (C=O) groups is 1. The van der Waals surface area contributed by atoms with E-state index in [9.17, 15) is 4.79 Å². The molecule has 0 bridgehead atoms. The molecule has 0 N–H and O–H groups in total. The van der Waals surface area contributed by atoms with E-state index in [-0.39, 0.29) is 6.61 Å². The van der Waals surface area contributed by atoms with Crippen LogP contribution in [-0.4, -0.2) is 15.4 Å².